The molecule has 1 fully saturated rings. The molecule has 6 heteroatoms. The second kappa shape index (κ2) is 7.44. The van der Waals surface area contributed by atoms with Crippen LogP contribution in [0.5, 0.6) is 5.75 Å². The molecule has 1 amide bonds. The molecule has 3 aromatic rings. The summed E-state index contributed by atoms with van der Waals surface area (Å²) in [6.07, 6.45) is 0. The van der Waals surface area contributed by atoms with E-state index in [4.69, 9.17) is 4.74 Å². The van der Waals surface area contributed by atoms with Crippen molar-refractivity contribution >= 4 is 44.6 Å². The number of anilines is 1. The fraction of sp³-hybridized carbons (Fsp3) is 0.261. The summed E-state index contributed by atoms with van der Waals surface area (Å²) in [5.41, 5.74) is 1.25. The number of thiophene rings is 1. The van der Waals surface area contributed by atoms with Gasteiger partial charge in [-0.3, -0.25) is 19.3 Å². The van der Waals surface area contributed by atoms with Gasteiger partial charge in [-0.05, 0) is 41.1 Å². The molecule has 0 saturated carbocycles. The fourth-order valence-corrected chi connectivity index (χ4v) is 4.70. The van der Waals surface area contributed by atoms with Gasteiger partial charge in [-0.2, -0.15) is 0 Å². The van der Waals surface area contributed by atoms with Crippen LogP contribution >= 0.6 is 11.3 Å². The molecule has 29 heavy (non-hydrogen) atoms. The van der Waals surface area contributed by atoms with Gasteiger partial charge in [0.15, 0.2) is 0 Å². The van der Waals surface area contributed by atoms with Gasteiger partial charge in [-0.25, -0.2) is 0 Å². The summed E-state index contributed by atoms with van der Waals surface area (Å²) in [7, 11) is 1.54. The Balaban J connectivity index is 1.92. The van der Waals surface area contributed by atoms with Crippen LogP contribution in [0.3, 0.4) is 0 Å². The number of methoxy groups -OCH3 is 1. The highest BCUT2D eigenvalue weighted by Crippen LogP contribution is 2.44. The molecule has 2 atom stereocenters. The van der Waals surface area contributed by atoms with Crippen molar-refractivity contribution in [1.29, 1.82) is 0 Å². The van der Waals surface area contributed by atoms with Crippen molar-refractivity contribution in [2.75, 3.05) is 12.0 Å². The van der Waals surface area contributed by atoms with E-state index in [0.29, 0.717) is 17.0 Å². The zero-order valence-corrected chi connectivity index (χ0v) is 17.2. The van der Waals surface area contributed by atoms with Crippen LogP contribution in [-0.2, 0) is 14.4 Å². The van der Waals surface area contributed by atoms with Crippen LogP contribution in [0, 0.1) is 11.8 Å². The predicted molar refractivity (Wildman–Crippen MR) is 113 cm³/mol. The number of amides is 1. The van der Waals surface area contributed by atoms with E-state index < -0.39 is 23.7 Å². The quantitative estimate of drug-likeness (QED) is 0.464. The summed E-state index contributed by atoms with van der Waals surface area (Å²) in [5, 5.41) is 2.97. The molecule has 4 rings (SSSR count). The van der Waals surface area contributed by atoms with Crippen LogP contribution in [-0.4, -0.2) is 24.6 Å². The lowest BCUT2D eigenvalue weighted by molar-refractivity contribution is -0.139. The molecule has 1 aliphatic heterocycles. The highest BCUT2D eigenvalue weighted by atomic mass is 32.1. The summed E-state index contributed by atoms with van der Waals surface area (Å²) < 4.78 is 6.59. The Morgan fingerprint density at radius 1 is 1.10 bits per heavy atom. The third-order valence-electron chi connectivity index (χ3n) is 5.35. The predicted octanol–water partition coefficient (Wildman–Crippen LogP) is 4.41. The van der Waals surface area contributed by atoms with Crippen LogP contribution < -0.4 is 9.64 Å². The Kier molecular flexibility index (Phi) is 4.96. The number of ketones is 2. The monoisotopic (exact) mass is 407 g/mol. The maximum absolute atomic E-state index is 13.1. The molecule has 5 nitrogen and oxygen atoms in total. The van der Waals surface area contributed by atoms with E-state index in [1.807, 2.05) is 47.8 Å². The van der Waals surface area contributed by atoms with Crippen molar-refractivity contribution in [2.45, 2.75) is 19.9 Å². The average Bonchev–Trinajstić information content (AvgIpc) is 3.29. The number of fused-ring (bicyclic) bond motifs is 1. The number of nitrogens with zero attached hydrogens (tertiary/aromatic N) is 1. The molecule has 0 spiro atoms. The molecular formula is C23H21NO4S. The van der Waals surface area contributed by atoms with Crippen LogP contribution in [0.2, 0.25) is 0 Å². The van der Waals surface area contributed by atoms with E-state index in [-0.39, 0.29) is 11.7 Å². The maximum Gasteiger partial charge on any atom is 0.295 e. The SMILES string of the molecule is COc1ccccc1C1C(C(=O)C(C)C)C(=O)C(=O)N1c1ccc2sccc2c1. The number of hydrogen-bond acceptors (Lipinski definition) is 5. The lowest BCUT2D eigenvalue weighted by Crippen LogP contribution is -2.32. The van der Waals surface area contributed by atoms with Gasteiger partial charge < -0.3 is 4.74 Å². The van der Waals surface area contributed by atoms with Gasteiger partial charge in [0.25, 0.3) is 5.91 Å². The summed E-state index contributed by atoms with van der Waals surface area (Å²) in [4.78, 5) is 40.5. The first-order valence-corrected chi connectivity index (χ1v) is 10.3. The van der Waals surface area contributed by atoms with E-state index in [1.165, 1.54) is 4.90 Å². The Morgan fingerprint density at radius 2 is 1.86 bits per heavy atom. The molecular weight excluding hydrogens is 386 g/mol. The first-order valence-electron chi connectivity index (χ1n) is 9.45. The van der Waals surface area contributed by atoms with Crippen LogP contribution in [0.1, 0.15) is 25.5 Å². The number of benzene rings is 2. The first kappa shape index (κ1) is 19.3. The van der Waals surface area contributed by atoms with E-state index in [0.717, 1.165) is 10.1 Å². The maximum atomic E-state index is 13.1. The third kappa shape index (κ3) is 3.13. The van der Waals surface area contributed by atoms with Crippen molar-refractivity contribution in [2.24, 2.45) is 11.8 Å². The molecule has 2 heterocycles. The molecule has 0 bridgehead atoms. The molecule has 0 aliphatic carbocycles. The molecule has 148 valence electrons. The second-order valence-electron chi connectivity index (χ2n) is 7.40. The summed E-state index contributed by atoms with van der Waals surface area (Å²) in [5.74, 6) is -2.44. The zero-order chi connectivity index (χ0) is 20.7. The Labute approximate surface area is 172 Å². The average molecular weight is 407 g/mol. The van der Waals surface area contributed by atoms with Gasteiger partial charge in [-0.15, -0.1) is 11.3 Å². The van der Waals surface area contributed by atoms with E-state index >= 15 is 0 Å². The molecule has 0 radical (unpaired) electrons. The molecule has 1 aromatic heterocycles. The van der Waals surface area contributed by atoms with E-state index in [1.54, 1.807) is 38.4 Å². The van der Waals surface area contributed by atoms with Crippen molar-refractivity contribution in [1.82, 2.24) is 0 Å². The summed E-state index contributed by atoms with van der Waals surface area (Å²) >= 11 is 1.61. The summed E-state index contributed by atoms with van der Waals surface area (Å²) in [6.45, 7) is 3.50. The van der Waals surface area contributed by atoms with Crippen molar-refractivity contribution in [3.63, 3.8) is 0 Å². The first-order chi connectivity index (χ1) is 13.9. The van der Waals surface area contributed by atoms with Gasteiger partial charge in [-0.1, -0.05) is 32.0 Å². The Morgan fingerprint density at radius 3 is 2.59 bits per heavy atom. The van der Waals surface area contributed by atoms with Gasteiger partial charge in [0.1, 0.15) is 17.5 Å². The lowest BCUT2D eigenvalue weighted by atomic mass is 9.84. The van der Waals surface area contributed by atoms with E-state index in [9.17, 15) is 14.4 Å². The highest BCUT2D eigenvalue weighted by molar-refractivity contribution is 7.17. The smallest absolute Gasteiger partial charge is 0.295 e. The number of ether oxygens (including phenoxy) is 1. The topological polar surface area (TPSA) is 63.7 Å². The van der Waals surface area contributed by atoms with Crippen LogP contribution in [0.25, 0.3) is 10.1 Å². The van der Waals surface area contributed by atoms with Gasteiger partial charge in [0, 0.05) is 21.9 Å². The van der Waals surface area contributed by atoms with Gasteiger partial charge in [0.05, 0.1) is 13.2 Å². The molecule has 1 aliphatic rings. The zero-order valence-electron chi connectivity index (χ0n) is 16.4. The Bertz CT molecular complexity index is 1120. The Hall–Kier alpha value is -2.99. The molecule has 2 unspecified atom stereocenters. The van der Waals surface area contributed by atoms with Crippen molar-refractivity contribution < 1.29 is 19.1 Å². The molecule has 1 saturated heterocycles. The van der Waals surface area contributed by atoms with E-state index in [2.05, 4.69) is 0 Å². The minimum atomic E-state index is -1.06. The number of carbonyl (C=O) groups excluding carboxylic acids is 3. The van der Waals surface area contributed by atoms with Crippen molar-refractivity contribution in [3.8, 4) is 5.75 Å². The largest absolute Gasteiger partial charge is 0.496 e. The second-order valence-corrected chi connectivity index (χ2v) is 8.35. The lowest BCUT2D eigenvalue weighted by Gasteiger charge is -2.29. The third-order valence-corrected chi connectivity index (χ3v) is 6.25. The minimum Gasteiger partial charge on any atom is -0.496 e. The van der Waals surface area contributed by atoms with Crippen molar-refractivity contribution in [3.05, 3.63) is 59.5 Å². The number of Topliss-reactive ketones (excluding diaryl/α,β-unsaturated/α-hetero) is 2. The van der Waals surface area contributed by atoms with Gasteiger partial charge >= 0.3 is 0 Å². The summed E-state index contributed by atoms with van der Waals surface area (Å²) in [6, 6.07) is 14.1. The number of rotatable bonds is 5. The normalized spacial score (nSPS) is 19.4. The molecule has 0 N–H and O–H groups in total. The number of para-hydroxylation sites is 1. The van der Waals surface area contributed by atoms with Gasteiger partial charge in [0.2, 0.25) is 5.78 Å². The van der Waals surface area contributed by atoms with Crippen LogP contribution in [0.15, 0.2) is 53.9 Å². The molecule has 2 aromatic carbocycles. The highest BCUT2D eigenvalue weighted by Gasteiger charge is 2.53. The number of hydrogen-bond donors (Lipinski definition) is 0. The standard InChI is InChI=1S/C23H21NO4S/c1-13(2)21(25)19-20(16-6-4-5-7-17(16)28-3)24(23(27)22(19)26)15-8-9-18-14(12-15)10-11-29-18/h4-13,19-20H,1-3H3. The number of carbonyl (C=O) groups is 3. The fourth-order valence-electron chi connectivity index (χ4n) is 3.93. The minimum absolute atomic E-state index is 0.238. The van der Waals surface area contributed by atoms with Crippen LogP contribution in [0.4, 0.5) is 5.69 Å².